The largest absolute Gasteiger partial charge is 0.342 e. The third-order valence-corrected chi connectivity index (χ3v) is 5.06. The van der Waals surface area contributed by atoms with Gasteiger partial charge in [-0.25, -0.2) is 14.1 Å². The van der Waals surface area contributed by atoms with Gasteiger partial charge in [-0.2, -0.15) is 0 Å². The van der Waals surface area contributed by atoms with Crippen molar-refractivity contribution < 1.29 is 9.18 Å². The van der Waals surface area contributed by atoms with Gasteiger partial charge in [-0.15, -0.1) is 5.10 Å². The lowest BCUT2D eigenvalue weighted by molar-refractivity contribution is 0.102. The smallest absolute Gasteiger partial charge is 0.277 e. The van der Waals surface area contributed by atoms with Crippen LogP contribution in [0.15, 0.2) is 79.0 Å². The van der Waals surface area contributed by atoms with Gasteiger partial charge in [0.15, 0.2) is 5.69 Å². The van der Waals surface area contributed by atoms with E-state index in [9.17, 15) is 9.18 Å². The number of halogens is 1. The van der Waals surface area contributed by atoms with E-state index < -0.39 is 0 Å². The first-order valence-electron chi connectivity index (χ1n) is 10.1. The van der Waals surface area contributed by atoms with Crippen LogP contribution in [0.25, 0.3) is 11.0 Å². The van der Waals surface area contributed by atoms with Gasteiger partial charge in [-0.05, 0) is 35.4 Å². The van der Waals surface area contributed by atoms with Gasteiger partial charge in [-0.3, -0.25) is 4.79 Å². The van der Waals surface area contributed by atoms with Crippen LogP contribution < -0.4 is 5.32 Å². The van der Waals surface area contributed by atoms with E-state index in [4.69, 9.17) is 0 Å². The SMILES string of the molecule is O=C(Nc1ccc2nc(Cc3ccccc3F)[nH]c2c1)c1cn(Cc2ccccc2)nn1. The fraction of sp³-hybridized carbons (Fsp3) is 0.0833. The number of carbonyl (C=O) groups excluding carboxylic acids is 1. The van der Waals surface area contributed by atoms with Crippen LogP contribution in [0.5, 0.6) is 0 Å². The minimum Gasteiger partial charge on any atom is -0.342 e. The van der Waals surface area contributed by atoms with E-state index in [0.29, 0.717) is 30.0 Å². The molecule has 2 aromatic heterocycles. The van der Waals surface area contributed by atoms with Crippen molar-refractivity contribution in [1.29, 1.82) is 0 Å². The number of carbonyl (C=O) groups is 1. The Labute approximate surface area is 182 Å². The zero-order valence-electron chi connectivity index (χ0n) is 17.0. The molecule has 2 N–H and O–H groups in total. The normalized spacial score (nSPS) is 11.0. The summed E-state index contributed by atoms with van der Waals surface area (Å²) in [5.74, 6) is 0.0356. The number of benzene rings is 3. The van der Waals surface area contributed by atoms with Crippen molar-refractivity contribution in [3.05, 3.63) is 107 Å². The lowest BCUT2D eigenvalue weighted by Crippen LogP contribution is -2.12. The fourth-order valence-electron chi connectivity index (χ4n) is 3.49. The molecule has 0 aliphatic carbocycles. The molecule has 32 heavy (non-hydrogen) atoms. The molecule has 5 rings (SSSR count). The van der Waals surface area contributed by atoms with Crippen molar-refractivity contribution in [1.82, 2.24) is 25.0 Å². The van der Waals surface area contributed by atoms with Crippen molar-refractivity contribution in [2.75, 3.05) is 5.32 Å². The fourth-order valence-corrected chi connectivity index (χ4v) is 3.49. The molecular weight excluding hydrogens is 407 g/mol. The maximum absolute atomic E-state index is 13.9. The molecule has 0 atom stereocenters. The van der Waals surface area contributed by atoms with Crippen molar-refractivity contribution in [2.24, 2.45) is 0 Å². The van der Waals surface area contributed by atoms with Crippen molar-refractivity contribution in [2.45, 2.75) is 13.0 Å². The standard InChI is InChI=1S/C24H19FN6O/c25-19-9-5-4-8-17(19)12-23-27-20-11-10-18(13-21(20)28-23)26-24(32)22-15-31(30-29-22)14-16-6-2-1-3-7-16/h1-11,13,15H,12,14H2,(H,26,32)(H,27,28). The van der Waals surface area contributed by atoms with Gasteiger partial charge in [0, 0.05) is 12.1 Å². The van der Waals surface area contributed by atoms with Gasteiger partial charge >= 0.3 is 0 Å². The Bertz CT molecular complexity index is 1390. The van der Waals surface area contributed by atoms with Gasteiger partial charge in [0.05, 0.1) is 23.8 Å². The number of fused-ring (bicyclic) bond motifs is 1. The van der Waals surface area contributed by atoms with Gasteiger partial charge in [0.1, 0.15) is 11.6 Å². The number of rotatable bonds is 6. The Morgan fingerprint density at radius 2 is 1.84 bits per heavy atom. The molecule has 0 saturated carbocycles. The number of hydrogen-bond acceptors (Lipinski definition) is 4. The number of amides is 1. The molecular formula is C24H19FN6O. The predicted octanol–water partition coefficient (Wildman–Crippen LogP) is 4.18. The number of H-pyrrole nitrogens is 1. The molecule has 0 fully saturated rings. The highest BCUT2D eigenvalue weighted by Gasteiger charge is 2.13. The monoisotopic (exact) mass is 426 g/mol. The second-order valence-corrected chi connectivity index (χ2v) is 7.42. The van der Waals surface area contributed by atoms with E-state index >= 15 is 0 Å². The van der Waals surface area contributed by atoms with Crippen LogP contribution in [0, 0.1) is 5.82 Å². The Hall–Kier alpha value is -4.33. The van der Waals surface area contributed by atoms with E-state index in [0.717, 1.165) is 16.6 Å². The van der Waals surface area contributed by atoms with Gasteiger partial charge in [0.2, 0.25) is 0 Å². The van der Waals surface area contributed by atoms with Crippen LogP contribution in [-0.4, -0.2) is 30.9 Å². The van der Waals surface area contributed by atoms with E-state index in [2.05, 4.69) is 25.6 Å². The molecule has 7 nitrogen and oxygen atoms in total. The summed E-state index contributed by atoms with van der Waals surface area (Å²) in [6.45, 7) is 0.534. The van der Waals surface area contributed by atoms with Crippen LogP contribution in [-0.2, 0) is 13.0 Å². The summed E-state index contributed by atoms with van der Waals surface area (Å²) in [4.78, 5) is 20.3. The zero-order chi connectivity index (χ0) is 21.9. The molecule has 0 spiro atoms. The highest BCUT2D eigenvalue weighted by molar-refractivity contribution is 6.03. The molecule has 158 valence electrons. The lowest BCUT2D eigenvalue weighted by Gasteiger charge is -2.02. The van der Waals surface area contributed by atoms with Crippen LogP contribution >= 0.6 is 0 Å². The number of aromatic nitrogens is 5. The zero-order valence-corrected chi connectivity index (χ0v) is 17.0. The Kier molecular flexibility index (Phi) is 5.17. The number of imidazole rings is 1. The van der Waals surface area contributed by atoms with Crippen LogP contribution in [0.1, 0.15) is 27.4 Å². The summed E-state index contributed by atoms with van der Waals surface area (Å²) >= 11 is 0. The molecule has 1 amide bonds. The van der Waals surface area contributed by atoms with Crippen molar-refractivity contribution in [3.8, 4) is 0 Å². The first-order chi connectivity index (χ1) is 15.6. The topological polar surface area (TPSA) is 88.5 Å². The third kappa shape index (κ3) is 4.24. The highest BCUT2D eigenvalue weighted by Crippen LogP contribution is 2.20. The third-order valence-electron chi connectivity index (χ3n) is 5.06. The quantitative estimate of drug-likeness (QED) is 0.426. The Balaban J connectivity index is 1.29. The van der Waals surface area contributed by atoms with Crippen LogP contribution in [0.2, 0.25) is 0 Å². The molecule has 0 unspecified atom stereocenters. The van der Waals surface area contributed by atoms with E-state index in [1.54, 1.807) is 47.3 Å². The minimum absolute atomic E-state index is 0.228. The summed E-state index contributed by atoms with van der Waals surface area (Å²) < 4.78 is 15.5. The second-order valence-electron chi connectivity index (χ2n) is 7.42. The second kappa shape index (κ2) is 8.43. The minimum atomic E-state index is -0.352. The summed E-state index contributed by atoms with van der Waals surface area (Å²) in [6.07, 6.45) is 1.97. The molecule has 0 aliphatic heterocycles. The van der Waals surface area contributed by atoms with Gasteiger partial charge in [0.25, 0.3) is 5.91 Å². The maximum atomic E-state index is 13.9. The molecule has 2 heterocycles. The van der Waals surface area contributed by atoms with Crippen molar-refractivity contribution in [3.63, 3.8) is 0 Å². The van der Waals surface area contributed by atoms with Gasteiger partial charge in [-0.1, -0.05) is 53.7 Å². The Morgan fingerprint density at radius 3 is 2.69 bits per heavy atom. The van der Waals surface area contributed by atoms with E-state index in [1.165, 1.54) is 6.07 Å². The average Bonchev–Trinajstić information content (AvgIpc) is 3.42. The lowest BCUT2D eigenvalue weighted by atomic mass is 10.1. The molecule has 5 aromatic rings. The number of anilines is 1. The average molecular weight is 426 g/mol. The molecule has 0 saturated heterocycles. The number of hydrogen-bond donors (Lipinski definition) is 2. The molecule has 3 aromatic carbocycles. The van der Waals surface area contributed by atoms with E-state index in [-0.39, 0.29) is 17.4 Å². The first kappa shape index (κ1) is 19.6. The predicted molar refractivity (Wildman–Crippen MR) is 119 cm³/mol. The van der Waals surface area contributed by atoms with Crippen molar-refractivity contribution >= 4 is 22.6 Å². The number of nitrogens with one attached hydrogen (secondary N) is 2. The summed E-state index contributed by atoms with van der Waals surface area (Å²) in [6, 6.07) is 21.8. The van der Waals surface area contributed by atoms with Gasteiger partial charge < -0.3 is 10.3 Å². The van der Waals surface area contributed by atoms with Crippen LogP contribution in [0.4, 0.5) is 10.1 Å². The maximum Gasteiger partial charge on any atom is 0.277 e. The summed E-state index contributed by atoms with van der Waals surface area (Å²) in [5, 5.41) is 10.8. The highest BCUT2D eigenvalue weighted by atomic mass is 19.1. The number of nitrogens with zero attached hydrogens (tertiary/aromatic N) is 4. The molecule has 0 bridgehead atoms. The first-order valence-corrected chi connectivity index (χ1v) is 10.1. The summed E-state index contributed by atoms with van der Waals surface area (Å²) in [7, 11) is 0. The summed E-state index contributed by atoms with van der Waals surface area (Å²) in [5.41, 5.74) is 3.95. The molecule has 8 heteroatoms. The Morgan fingerprint density at radius 1 is 1.03 bits per heavy atom. The van der Waals surface area contributed by atoms with Crippen LogP contribution in [0.3, 0.4) is 0 Å². The molecule has 0 aliphatic rings. The van der Waals surface area contributed by atoms with E-state index in [1.807, 2.05) is 30.3 Å². The molecule has 0 radical (unpaired) electrons. The number of aromatic amines is 1.